The van der Waals surface area contributed by atoms with Gasteiger partial charge in [0.25, 0.3) is 0 Å². The number of hydrogen-bond donors (Lipinski definition) is 0. The van der Waals surface area contributed by atoms with Gasteiger partial charge in [0.15, 0.2) is 0 Å². The van der Waals surface area contributed by atoms with Gasteiger partial charge in [0.1, 0.15) is 6.61 Å². The summed E-state index contributed by atoms with van der Waals surface area (Å²) in [4.78, 5) is 28.0. The SMILES string of the molecule is COCC(=O)N1CCOC[C@]2(CC(=O)N2Cc2ccc(C)cc2)C1. The van der Waals surface area contributed by atoms with E-state index in [9.17, 15) is 9.59 Å². The average Bonchev–Trinajstić information content (AvgIpc) is 2.79. The molecule has 0 aromatic heterocycles. The van der Waals surface area contributed by atoms with E-state index < -0.39 is 5.54 Å². The van der Waals surface area contributed by atoms with Crippen molar-refractivity contribution < 1.29 is 19.1 Å². The molecule has 0 bridgehead atoms. The van der Waals surface area contributed by atoms with E-state index in [1.54, 1.807) is 4.90 Å². The third kappa shape index (κ3) is 3.30. The summed E-state index contributed by atoms with van der Waals surface area (Å²) in [5, 5.41) is 0. The maximum absolute atomic E-state index is 12.2. The summed E-state index contributed by atoms with van der Waals surface area (Å²) in [7, 11) is 1.51. The highest BCUT2D eigenvalue weighted by molar-refractivity contribution is 5.86. The maximum Gasteiger partial charge on any atom is 0.248 e. The van der Waals surface area contributed by atoms with Crippen LogP contribution >= 0.6 is 0 Å². The topological polar surface area (TPSA) is 59.1 Å². The van der Waals surface area contributed by atoms with Gasteiger partial charge in [-0.05, 0) is 12.5 Å². The third-order valence-electron chi connectivity index (χ3n) is 4.80. The molecule has 0 N–H and O–H groups in total. The van der Waals surface area contributed by atoms with Crippen LogP contribution in [-0.4, -0.2) is 67.2 Å². The van der Waals surface area contributed by atoms with Crippen LogP contribution in [0.2, 0.25) is 0 Å². The van der Waals surface area contributed by atoms with Gasteiger partial charge in [0, 0.05) is 26.7 Å². The fraction of sp³-hybridized carbons (Fsp3) is 0.556. The van der Waals surface area contributed by atoms with Crippen LogP contribution in [0.15, 0.2) is 24.3 Å². The lowest BCUT2D eigenvalue weighted by Gasteiger charge is -2.52. The predicted octanol–water partition coefficient (Wildman–Crippen LogP) is 0.971. The highest BCUT2D eigenvalue weighted by Crippen LogP contribution is 2.36. The Morgan fingerprint density at radius 2 is 2.08 bits per heavy atom. The van der Waals surface area contributed by atoms with Crippen molar-refractivity contribution in [1.29, 1.82) is 0 Å². The molecule has 0 unspecified atom stereocenters. The Hall–Kier alpha value is -1.92. The summed E-state index contributed by atoms with van der Waals surface area (Å²) in [5.41, 5.74) is 1.87. The van der Waals surface area contributed by atoms with Gasteiger partial charge in [-0.2, -0.15) is 0 Å². The fourth-order valence-corrected chi connectivity index (χ4v) is 3.39. The van der Waals surface area contributed by atoms with Gasteiger partial charge in [-0.1, -0.05) is 29.8 Å². The van der Waals surface area contributed by atoms with E-state index in [0.717, 1.165) is 5.56 Å². The first-order chi connectivity index (χ1) is 11.5. The zero-order valence-corrected chi connectivity index (χ0v) is 14.3. The average molecular weight is 332 g/mol. The lowest BCUT2D eigenvalue weighted by molar-refractivity contribution is -0.166. The fourth-order valence-electron chi connectivity index (χ4n) is 3.39. The number of benzene rings is 1. The molecule has 2 amide bonds. The smallest absolute Gasteiger partial charge is 0.248 e. The van der Waals surface area contributed by atoms with E-state index >= 15 is 0 Å². The lowest BCUT2D eigenvalue weighted by Crippen LogP contribution is -2.69. The van der Waals surface area contributed by atoms with Gasteiger partial charge >= 0.3 is 0 Å². The molecular formula is C18H24N2O4. The summed E-state index contributed by atoms with van der Waals surface area (Å²) in [5.74, 6) is 0.0530. The summed E-state index contributed by atoms with van der Waals surface area (Å²) >= 11 is 0. The maximum atomic E-state index is 12.2. The van der Waals surface area contributed by atoms with Crippen LogP contribution in [0.3, 0.4) is 0 Å². The number of rotatable bonds is 4. The molecule has 0 saturated carbocycles. The van der Waals surface area contributed by atoms with Crippen LogP contribution < -0.4 is 0 Å². The first kappa shape index (κ1) is 16.9. The van der Waals surface area contributed by atoms with Crippen molar-refractivity contribution in [3.63, 3.8) is 0 Å². The number of β-lactam (4-membered cyclic amide) rings is 1. The van der Waals surface area contributed by atoms with Gasteiger partial charge in [0.2, 0.25) is 11.8 Å². The van der Waals surface area contributed by atoms with Crippen molar-refractivity contribution in [2.24, 2.45) is 0 Å². The molecule has 6 heteroatoms. The first-order valence-electron chi connectivity index (χ1n) is 8.24. The second kappa shape index (κ2) is 6.91. The number of amides is 2. The van der Waals surface area contributed by atoms with Crippen molar-refractivity contribution in [3.8, 4) is 0 Å². The van der Waals surface area contributed by atoms with Crippen molar-refractivity contribution >= 4 is 11.8 Å². The number of aryl methyl sites for hydroxylation is 1. The van der Waals surface area contributed by atoms with Crippen molar-refractivity contribution in [2.75, 3.05) is 40.0 Å². The molecule has 1 aromatic carbocycles. The lowest BCUT2D eigenvalue weighted by atomic mass is 9.83. The summed E-state index contributed by atoms with van der Waals surface area (Å²) in [6, 6.07) is 8.18. The van der Waals surface area contributed by atoms with Gasteiger partial charge < -0.3 is 19.3 Å². The Morgan fingerprint density at radius 1 is 1.33 bits per heavy atom. The van der Waals surface area contributed by atoms with Gasteiger partial charge in [-0.3, -0.25) is 9.59 Å². The van der Waals surface area contributed by atoms with E-state index in [1.807, 2.05) is 36.1 Å². The molecule has 24 heavy (non-hydrogen) atoms. The number of nitrogens with zero attached hydrogens (tertiary/aromatic N) is 2. The highest BCUT2D eigenvalue weighted by atomic mass is 16.5. The van der Waals surface area contributed by atoms with Crippen molar-refractivity contribution in [3.05, 3.63) is 35.4 Å². The summed E-state index contributed by atoms with van der Waals surface area (Å²) in [6.07, 6.45) is 0.426. The van der Waals surface area contributed by atoms with E-state index in [4.69, 9.17) is 9.47 Å². The molecule has 0 radical (unpaired) electrons. The van der Waals surface area contributed by atoms with Gasteiger partial charge in [-0.25, -0.2) is 0 Å². The number of carbonyl (C=O) groups is 2. The van der Waals surface area contributed by atoms with E-state index in [-0.39, 0.29) is 18.4 Å². The first-order valence-corrected chi connectivity index (χ1v) is 8.24. The molecule has 2 aliphatic rings. The summed E-state index contributed by atoms with van der Waals surface area (Å²) in [6.45, 7) is 4.66. The van der Waals surface area contributed by atoms with Crippen LogP contribution in [0.5, 0.6) is 0 Å². The van der Waals surface area contributed by atoms with Crippen LogP contribution in [0.1, 0.15) is 17.5 Å². The quantitative estimate of drug-likeness (QED) is 0.771. The minimum atomic E-state index is -0.415. The zero-order valence-electron chi connectivity index (χ0n) is 14.3. The highest BCUT2D eigenvalue weighted by Gasteiger charge is 2.53. The van der Waals surface area contributed by atoms with Crippen molar-refractivity contribution in [2.45, 2.75) is 25.4 Å². The summed E-state index contributed by atoms with van der Waals surface area (Å²) < 4.78 is 10.7. The minimum absolute atomic E-state index is 0.0575. The van der Waals surface area contributed by atoms with Crippen LogP contribution in [-0.2, 0) is 25.6 Å². The molecule has 1 spiro atoms. The van der Waals surface area contributed by atoms with Crippen LogP contribution in [0, 0.1) is 6.92 Å². The van der Waals surface area contributed by atoms with Gasteiger partial charge in [-0.15, -0.1) is 0 Å². The van der Waals surface area contributed by atoms with Crippen molar-refractivity contribution in [1.82, 2.24) is 9.80 Å². The van der Waals surface area contributed by atoms with Crippen LogP contribution in [0.4, 0.5) is 0 Å². The number of likely N-dealkylation sites (tertiary alicyclic amines) is 1. The van der Waals surface area contributed by atoms with E-state index in [1.165, 1.54) is 12.7 Å². The Balaban J connectivity index is 1.75. The normalized spacial score (nSPS) is 24.0. The minimum Gasteiger partial charge on any atom is -0.377 e. The molecule has 2 aliphatic heterocycles. The molecule has 2 saturated heterocycles. The molecule has 6 nitrogen and oxygen atoms in total. The Bertz CT molecular complexity index is 616. The molecule has 1 atom stereocenters. The molecule has 130 valence electrons. The number of ether oxygens (including phenoxy) is 2. The number of hydrogen-bond acceptors (Lipinski definition) is 4. The predicted molar refractivity (Wildman–Crippen MR) is 88.4 cm³/mol. The molecule has 3 rings (SSSR count). The standard InChI is InChI=1S/C18H24N2O4/c1-14-3-5-15(6-4-14)10-20-16(21)9-18(20)12-19(7-8-24-13-18)17(22)11-23-2/h3-6H,7-13H2,1-2H3/t18-/m0/s1. The Labute approximate surface area is 142 Å². The molecule has 2 heterocycles. The van der Waals surface area contributed by atoms with Crippen LogP contribution in [0.25, 0.3) is 0 Å². The number of carbonyl (C=O) groups excluding carboxylic acids is 2. The van der Waals surface area contributed by atoms with E-state index in [2.05, 4.69) is 0 Å². The largest absolute Gasteiger partial charge is 0.377 e. The third-order valence-corrected chi connectivity index (χ3v) is 4.80. The van der Waals surface area contributed by atoms with Gasteiger partial charge in [0.05, 0.1) is 25.2 Å². The second-order valence-electron chi connectivity index (χ2n) is 6.67. The monoisotopic (exact) mass is 332 g/mol. The Kier molecular flexibility index (Phi) is 4.87. The number of methoxy groups -OCH3 is 1. The molecule has 0 aliphatic carbocycles. The molecule has 2 fully saturated rings. The second-order valence-corrected chi connectivity index (χ2v) is 6.67. The Morgan fingerprint density at radius 3 is 2.75 bits per heavy atom. The van der Waals surface area contributed by atoms with E-state index in [0.29, 0.717) is 39.3 Å². The zero-order chi connectivity index (χ0) is 17.2. The molecular weight excluding hydrogens is 308 g/mol. The molecule has 1 aromatic rings.